The van der Waals surface area contributed by atoms with Gasteiger partial charge in [0.05, 0.1) is 6.61 Å². The Hall–Kier alpha value is -1.75. The highest BCUT2D eigenvalue weighted by atomic mass is 16.5. The average Bonchev–Trinajstić information content (AvgIpc) is 3.16. The number of nitrogens with zero attached hydrogens (tertiary/aromatic N) is 1. The molecule has 0 spiro atoms. The maximum atomic E-state index is 11.8. The number of hydrogen-bond acceptors (Lipinski definition) is 4. The molecule has 0 unspecified atom stereocenters. The summed E-state index contributed by atoms with van der Waals surface area (Å²) in [7, 11) is 0. The first-order valence-electron chi connectivity index (χ1n) is 7.62. The fourth-order valence-electron chi connectivity index (χ4n) is 2.67. The van der Waals surface area contributed by atoms with Gasteiger partial charge in [-0.2, -0.15) is 0 Å². The van der Waals surface area contributed by atoms with Crippen molar-refractivity contribution in [1.29, 1.82) is 0 Å². The molecule has 114 valence electrons. The Kier molecular flexibility index (Phi) is 4.29. The first-order valence-corrected chi connectivity index (χ1v) is 7.62. The summed E-state index contributed by atoms with van der Waals surface area (Å²) in [4.78, 5) is 14.0. The number of aromatic hydroxyl groups is 1. The Morgan fingerprint density at radius 1 is 1.38 bits per heavy atom. The van der Waals surface area contributed by atoms with Crippen molar-refractivity contribution in [3.05, 3.63) is 24.3 Å². The van der Waals surface area contributed by atoms with E-state index < -0.39 is 0 Å². The molecule has 0 bridgehead atoms. The zero-order chi connectivity index (χ0) is 14.7. The molecule has 1 aromatic rings. The van der Waals surface area contributed by atoms with E-state index in [2.05, 4.69) is 10.2 Å². The van der Waals surface area contributed by atoms with Crippen LogP contribution in [0.25, 0.3) is 0 Å². The van der Waals surface area contributed by atoms with Crippen molar-refractivity contribution < 1.29 is 14.6 Å². The highest BCUT2D eigenvalue weighted by molar-refractivity contribution is 5.77. The van der Waals surface area contributed by atoms with Crippen LogP contribution in [-0.4, -0.2) is 43.4 Å². The van der Waals surface area contributed by atoms with Gasteiger partial charge in [-0.25, -0.2) is 0 Å². The minimum atomic E-state index is -0.0293. The number of carbonyl (C=O) groups excluding carboxylic acids is 1. The molecule has 0 radical (unpaired) electrons. The third-order valence-electron chi connectivity index (χ3n) is 4.03. The standard InChI is InChI=1S/C16H22N2O3/c19-15-3-1-2-14(8-15)18-7-6-13(9-18)17-16(20)11-21-10-12-4-5-12/h1-3,8,12-13,19H,4-7,9-11H2,(H,17,20)/t13-/m0/s1. The quantitative estimate of drug-likeness (QED) is 0.834. The highest BCUT2D eigenvalue weighted by Crippen LogP contribution is 2.28. The van der Waals surface area contributed by atoms with Gasteiger partial charge in [0.2, 0.25) is 5.91 Å². The van der Waals surface area contributed by atoms with Crippen LogP contribution in [0.1, 0.15) is 19.3 Å². The van der Waals surface area contributed by atoms with Crippen LogP contribution in [0, 0.1) is 5.92 Å². The van der Waals surface area contributed by atoms with Crippen molar-refractivity contribution in [1.82, 2.24) is 5.32 Å². The van der Waals surface area contributed by atoms with E-state index >= 15 is 0 Å². The fraction of sp³-hybridized carbons (Fsp3) is 0.562. The number of amides is 1. The number of hydrogen-bond donors (Lipinski definition) is 2. The van der Waals surface area contributed by atoms with Gasteiger partial charge < -0.3 is 20.1 Å². The molecule has 1 heterocycles. The van der Waals surface area contributed by atoms with E-state index in [-0.39, 0.29) is 24.3 Å². The van der Waals surface area contributed by atoms with Gasteiger partial charge in [-0.15, -0.1) is 0 Å². The Morgan fingerprint density at radius 3 is 3.00 bits per heavy atom. The number of ether oxygens (including phenoxy) is 1. The summed E-state index contributed by atoms with van der Waals surface area (Å²) in [5.41, 5.74) is 0.997. The fourth-order valence-corrected chi connectivity index (χ4v) is 2.67. The molecule has 5 heteroatoms. The smallest absolute Gasteiger partial charge is 0.246 e. The van der Waals surface area contributed by atoms with Crippen molar-refractivity contribution >= 4 is 11.6 Å². The molecule has 3 rings (SSSR count). The molecule has 1 aromatic carbocycles. The number of phenols is 1. The lowest BCUT2D eigenvalue weighted by Crippen LogP contribution is -2.39. The summed E-state index contributed by atoms with van der Waals surface area (Å²) in [5, 5.41) is 12.5. The molecule has 2 N–H and O–H groups in total. The summed E-state index contributed by atoms with van der Waals surface area (Å²) in [6, 6.07) is 7.38. The van der Waals surface area contributed by atoms with Gasteiger partial charge in [-0.1, -0.05) is 6.07 Å². The van der Waals surface area contributed by atoms with Gasteiger partial charge in [-0.05, 0) is 37.3 Å². The Labute approximate surface area is 124 Å². The monoisotopic (exact) mass is 290 g/mol. The van der Waals surface area contributed by atoms with E-state index in [0.717, 1.165) is 25.2 Å². The summed E-state index contributed by atoms with van der Waals surface area (Å²) < 4.78 is 5.40. The van der Waals surface area contributed by atoms with Crippen molar-refractivity contribution in [3.8, 4) is 5.75 Å². The van der Waals surface area contributed by atoms with Crippen molar-refractivity contribution in [2.24, 2.45) is 5.92 Å². The maximum absolute atomic E-state index is 11.8. The lowest BCUT2D eigenvalue weighted by Gasteiger charge is -2.19. The number of phenolic OH excluding ortho intramolecular Hbond substituents is 1. The molecule has 0 aromatic heterocycles. The maximum Gasteiger partial charge on any atom is 0.246 e. The van der Waals surface area contributed by atoms with Crippen LogP contribution >= 0.6 is 0 Å². The average molecular weight is 290 g/mol. The summed E-state index contributed by atoms with van der Waals surface area (Å²) in [6.07, 6.45) is 3.40. The third kappa shape index (κ3) is 4.11. The summed E-state index contributed by atoms with van der Waals surface area (Å²) in [6.45, 7) is 2.54. The lowest BCUT2D eigenvalue weighted by atomic mass is 10.2. The predicted octanol–water partition coefficient (Wildman–Crippen LogP) is 1.51. The van der Waals surface area contributed by atoms with Crippen molar-refractivity contribution in [2.75, 3.05) is 31.2 Å². The molecule has 21 heavy (non-hydrogen) atoms. The van der Waals surface area contributed by atoms with Crippen LogP contribution in [-0.2, 0) is 9.53 Å². The molecule has 2 fully saturated rings. The predicted molar refractivity (Wildman–Crippen MR) is 80.4 cm³/mol. The van der Waals surface area contributed by atoms with Gasteiger partial charge >= 0.3 is 0 Å². The second kappa shape index (κ2) is 6.35. The number of nitrogens with one attached hydrogen (secondary N) is 1. The van der Waals surface area contributed by atoms with E-state index in [4.69, 9.17) is 4.74 Å². The summed E-state index contributed by atoms with van der Waals surface area (Å²) >= 11 is 0. The molecular weight excluding hydrogens is 268 g/mol. The molecule has 1 atom stereocenters. The Bertz CT molecular complexity index is 502. The second-order valence-electron chi connectivity index (χ2n) is 5.98. The van der Waals surface area contributed by atoms with Gasteiger partial charge in [0.15, 0.2) is 0 Å². The van der Waals surface area contributed by atoms with E-state index in [1.165, 1.54) is 12.8 Å². The van der Waals surface area contributed by atoms with E-state index in [1.807, 2.05) is 12.1 Å². The van der Waals surface area contributed by atoms with E-state index in [1.54, 1.807) is 12.1 Å². The van der Waals surface area contributed by atoms with E-state index in [0.29, 0.717) is 12.5 Å². The molecule has 1 saturated carbocycles. The first-order chi connectivity index (χ1) is 10.2. The molecule has 5 nitrogen and oxygen atoms in total. The van der Waals surface area contributed by atoms with Gasteiger partial charge in [-0.3, -0.25) is 4.79 Å². The molecule has 1 amide bonds. The number of rotatable bonds is 6. The summed E-state index contributed by atoms with van der Waals surface area (Å²) in [5.74, 6) is 0.928. The zero-order valence-corrected chi connectivity index (χ0v) is 12.1. The Balaban J connectivity index is 1.42. The molecular formula is C16H22N2O3. The second-order valence-corrected chi connectivity index (χ2v) is 5.98. The minimum absolute atomic E-state index is 0.0293. The normalized spacial score (nSPS) is 21.5. The van der Waals surface area contributed by atoms with Crippen LogP contribution in [0.3, 0.4) is 0 Å². The largest absolute Gasteiger partial charge is 0.508 e. The minimum Gasteiger partial charge on any atom is -0.508 e. The van der Waals surface area contributed by atoms with Crippen LogP contribution in [0.2, 0.25) is 0 Å². The van der Waals surface area contributed by atoms with Crippen molar-refractivity contribution in [2.45, 2.75) is 25.3 Å². The number of anilines is 1. The van der Waals surface area contributed by atoms with Crippen molar-refractivity contribution in [3.63, 3.8) is 0 Å². The first kappa shape index (κ1) is 14.2. The van der Waals surface area contributed by atoms with Crippen LogP contribution < -0.4 is 10.2 Å². The SMILES string of the molecule is O=C(COCC1CC1)N[C@H]1CCN(c2cccc(O)c2)C1. The lowest BCUT2D eigenvalue weighted by molar-refractivity contribution is -0.126. The molecule has 1 saturated heterocycles. The highest BCUT2D eigenvalue weighted by Gasteiger charge is 2.25. The third-order valence-corrected chi connectivity index (χ3v) is 4.03. The van der Waals surface area contributed by atoms with Crippen LogP contribution in [0.15, 0.2) is 24.3 Å². The van der Waals surface area contributed by atoms with Gasteiger partial charge in [0.25, 0.3) is 0 Å². The topological polar surface area (TPSA) is 61.8 Å². The zero-order valence-electron chi connectivity index (χ0n) is 12.1. The van der Waals surface area contributed by atoms with Crippen LogP contribution in [0.4, 0.5) is 5.69 Å². The Morgan fingerprint density at radius 2 is 2.24 bits per heavy atom. The number of carbonyl (C=O) groups is 1. The van der Waals surface area contributed by atoms with Gasteiger partial charge in [0.1, 0.15) is 12.4 Å². The van der Waals surface area contributed by atoms with Crippen LogP contribution in [0.5, 0.6) is 5.75 Å². The number of benzene rings is 1. The molecule has 2 aliphatic rings. The molecule has 1 aliphatic carbocycles. The van der Waals surface area contributed by atoms with E-state index in [9.17, 15) is 9.90 Å². The molecule has 1 aliphatic heterocycles. The van der Waals surface area contributed by atoms with Gasteiger partial charge in [0, 0.05) is 30.9 Å².